The molecular formula is C23H26ClF2N3O3. The van der Waals surface area contributed by atoms with Crippen LogP contribution in [0.4, 0.5) is 19.3 Å². The molecule has 2 N–H and O–H groups in total. The fourth-order valence-electron chi connectivity index (χ4n) is 3.33. The molecule has 0 fully saturated rings. The molecule has 1 aromatic carbocycles. The van der Waals surface area contributed by atoms with Crippen LogP contribution < -0.4 is 10.5 Å². The van der Waals surface area contributed by atoms with Crippen LogP contribution in [0, 0.1) is 17.6 Å². The standard InChI is InChI=1S/C23H26ClF2N3O3/c1-13-11-29(22(30)32-23(2,3)4)8-7-15(13)14-9-16(24)18(28-10-14)12-31-19-6-5-17(27)20(25)21(19)26/h5-7,9-10,13H,8,11-12,27H2,1-4H3. The zero-order chi connectivity index (χ0) is 23.6. The Kier molecular flexibility index (Phi) is 6.93. The molecule has 1 aliphatic rings. The van der Waals surface area contributed by atoms with E-state index in [2.05, 4.69) is 4.98 Å². The molecule has 1 amide bonds. The van der Waals surface area contributed by atoms with Crippen molar-refractivity contribution in [1.82, 2.24) is 9.88 Å². The summed E-state index contributed by atoms with van der Waals surface area (Å²) in [5.41, 5.74) is 6.70. The Morgan fingerprint density at radius 1 is 1.31 bits per heavy atom. The second-order valence-corrected chi connectivity index (χ2v) is 9.08. The van der Waals surface area contributed by atoms with Crippen LogP contribution in [0.25, 0.3) is 5.57 Å². The molecule has 32 heavy (non-hydrogen) atoms. The van der Waals surface area contributed by atoms with Gasteiger partial charge in [0.25, 0.3) is 0 Å². The number of anilines is 1. The van der Waals surface area contributed by atoms with Crippen LogP contribution in [0.2, 0.25) is 5.02 Å². The van der Waals surface area contributed by atoms with Crippen molar-refractivity contribution in [1.29, 1.82) is 0 Å². The smallest absolute Gasteiger partial charge is 0.410 e. The van der Waals surface area contributed by atoms with Crippen molar-refractivity contribution >= 4 is 29.0 Å². The SMILES string of the molecule is CC1CN(C(=O)OC(C)(C)C)CC=C1c1cnc(COc2ccc(N)c(F)c2F)c(Cl)c1. The number of halogens is 3. The van der Waals surface area contributed by atoms with E-state index in [1.165, 1.54) is 12.1 Å². The fourth-order valence-corrected chi connectivity index (χ4v) is 3.55. The third-order valence-electron chi connectivity index (χ3n) is 4.90. The summed E-state index contributed by atoms with van der Waals surface area (Å²) in [7, 11) is 0. The van der Waals surface area contributed by atoms with E-state index in [0.717, 1.165) is 11.1 Å². The average Bonchev–Trinajstić information content (AvgIpc) is 2.71. The van der Waals surface area contributed by atoms with E-state index in [0.29, 0.717) is 23.8 Å². The maximum atomic E-state index is 13.9. The molecule has 2 aromatic rings. The quantitative estimate of drug-likeness (QED) is 0.608. The topological polar surface area (TPSA) is 77.7 Å². The second kappa shape index (κ2) is 9.32. The van der Waals surface area contributed by atoms with Gasteiger partial charge in [0.05, 0.1) is 16.4 Å². The van der Waals surface area contributed by atoms with Gasteiger partial charge in [0, 0.05) is 19.3 Å². The number of pyridine rings is 1. The molecule has 172 valence electrons. The van der Waals surface area contributed by atoms with Crippen LogP contribution >= 0.6 is 11.6 Å². The van der Waals surface area contributed by atoms with Gasteiger partial charge in [-0.25, -0.2) is 9.18 Å². The lowest BCUT2D eigenvalue weighted by Gasteiger charge is -2.33. The van der Waals surface area contributed by atoms with Crippen LogP contribution in [0.5, 0.6) is 5.75 Å². The van der Waals surface area contributed by atoms with Gasteiger partial charge in [-0.3, -0.25) is 4.98 Å². The molecule has 1 unspecified atom stereocenters. The highest BCUT2D eigenvalue weighted by Gasteiger charge is 2.27. The number of nitrogens with zero attached hydrogens (tertiary/aromatic N) is 2. The summed E-state index contributed by atoms with van der Waals surface area (Å²) >= 11 is 6.37. The van der Waals surface area contributed by atoms with Gasteiger partial charge in [0.15, 0.2) is 11.6 Å². The predicted octanol–water partition coefficient (Wildman–Crippen LogP) is 5.44. The molecule has 3 rings (SSSR count). The lowest BCUT2D eigenvalue weighted by molar-refractivity contribution is 0.0251. The highest BCUT2D eigenvalue weighted by Crippen LogP contribution is 2.31. The van der Waals surface area contributed by atoms with Crippen LogP contribution in [0.1, 0.15) is 39.0 Å². The fraction of sp³-hybridized carbons (Fsp3) is 0.391. The van der Waals surface area contributed by atoms with Crippen molar-refractivity contribution in [3.8, 4) is 5.75 Å². The van der Waals surface area contributed by atoms with Gasteiger partial charge < -0.3 is 20.1 Å². The zero-order valence-electron chi connectivity index (χ0n) is 18.4. The van der Waals surface area contributed by atoms with E-state index in [9.17, 15) is 13.6 Å². The van der Waals surface area contributed by atoms with Crippen molar-refractivity contribution in [2.24, 2.45) is 5.92 Å². The van der Waals surface area contributed by atoms with Gasteiger partial charge in [-0.15, -0.1) is 0 Å². The third-order valence-corrected chi connectivity index (χ3v) is 5.23. The van der Waals surface area contributed by atoms with Crippen LogP contribution in [0.3, 0.4) is 0 Å². The monoisotopic (exact) mass is 465 g/mol. The minimum Gasteiger partial charge on any atom is -0.484 e. The molecule has 0 aliphatic carbocycles. The molecule has 0 saturated heterocycles. The number of carbonyl (C=O) groups excluding carboxylic acids is 1. The Morgan fingerprint density at radius 2 is 2.03 bits per heavy atom. The number of nitrogens with two attached hydrogens (primary N) is 1. The Labute approximate surface area is 191 Å². The first kappa shape index (κ1) is 23.8. The minimum absolute atomic E-state index is 0.0445. The molecule has 0 saturated carbocycles. The number of ether oxygens (including phenoxy) is 2. The van der Waals surface area contributed by atoms with E-state index >= 15 is 0 Å². The van der Waals surface area contributed by atoms with Gasteiger partial charge in [0.2, 0.25) is 5.82 Å². The first-order valence-electron chi connectivity index (χ1n) is 10.2. The van der Waals surface area contributed by atoms with Crippen LogP contribution in [-0.2, 0) is 11.3 Å². The number of nitrogen functional groups attached to an aromatic ring is 1. The number of hydrogen-bond donors (Lipinski definition) is 1. The summed E-state index contributed by atoms with van der Waals surface area (Å²) in [6, 6.07) is 4.23. The Bertz CT molecular complexity index is 1050. The molecule has 6 nitrogen and oxygen atoms in total. The largest absolute Gasteiger partial charge is 0.484 e. The first-order valence-corrected chi connectivity index (χ1v) is 10.5. The summed E-state index contributed by atoms with van der Waals surface area (Å²) in [5.74, 6) is -2.54. The normalized spacial score (nSPS) is 16.5. The van der Waals surface area contributed by atoms with Crippen molar-refractivity contribution in [3.05, 3.63) is 58.4 Å². The molecule has 1 aromatic heterocycles. The van der Waals surface area contributed by atoms with Gasteiger partial charge in [0.1, 0.15) is 12.2 Å². The van der Waals surface area contributed by atoms with Crippen LogP contribution in [-0.4, -0.2) is 34.7 Å². The lowest BCUT2D eigenvalue weighted by atomic mass is 9.91. The number of rotatable bonds is 4. The molecule has 1 aliphatic heterocycles. The van der Waals surface area contributed by atoms with Crippen molar-refractivity contribution in [2.45, 2.75) is 39.9 Å². The number of hydrogen-bond acceptors (Lipinski definition) is 5. The van der Waals surface area contributed by atoms with Gasteiger partial charge >= 0.3 is 6.09 Å². The summed E-state index contributed by atoms with van der Waals surface area (Å²) in [4.78, 5) is 18.3. The number of aromatic nitrogens is 1. The van der Waals surface area contributed by atoms with Crippen molar-refractivity contribution in [3.63, 3.8) is 0 Å². The Hall–Kier alpha value is -2.87. The van der Waals surface area contributed by atoms with E-state index in [4.69, 9.17) is 26.8 Å². The number of amides is 1. The predicted molar refractivity (Wildman–Crippen MR) is 119 cm³/mol. The van der Waals surface area contributed by atoms with Gasteiger partial charge in [-0.05, 0) is 56.0 Å². The Balaban J connectivity index is 1.70. The second-order valence-electron chi connectivity index (χ2n) is 8.67. The molecule has 1 atom stereocenters. The lowest BCUT2D eigenvalue weighted by Crippen LogP contribution is -2.41. The van der Waals surface area contributed by atoms with Gasteiger partial charge in [-0.2, -0.15) is 4.39 Å². The minimum atomic E-state index is -1.16. The average molecular weight is 466 g/mol. The maximum Gasteiger partial charge on any atom is 0.410 e. The molecule has 0 spiro atoms. The number of carbonyl (C=O) groups is 1. The maximum absolute atomic E-state index is 13.9. The van der Waals surface area contributed by atoms with E-state index in [1.54, 1.807) is 17.2 Å². The van der Waals surface area contributed by atoms with Crippen molar-refractivity contribution in [2.75, 3.05) is 18.8 Å². The Morgan fingerprint density at radius 3 is 2.66 bits per heavy atom. The highest BCUT2D eigenvalue weighted by atomic mass is 35.5. The van der Waals surface area contributed by atoms with Gasteiger partial charge in [-0.1, -0.05) is 24.6 Å². The van der Waals surface area contributed by atoms with Crippen LogP contribution in [0.15, 0.2) is 30.5 Å². The summed E-state index contributed by atoms with van der Waals surface area (Å²) in [6.45, 7) is 8.28. The molecule has 9 heteroatoms. The summed E-state index contributed by atoms with van der Waals surface area (Å²) in [5, 5.41) is 0.335. The third kappa shape index (κ3) is 5.48. The zero-order valence-corrected chi connectivity index (χ0v) is 19.2. The molecule has 0 radical (unpaired) electrons. The summed E-state index contributed by atoms with van der Waals surface area (Å²) in [6.07, 6.45) is 3.25. The molecule has 2 heterocycles. The van der Waals surface area contributed by atoms with E-state index in [-0.39, 0.29) is 30.1 Å². The van der Waals surface area contributed by atoms with E-state index in [1.807, 2.05) is 33.8 Å². The number of benzene rings is 1. The molecular weight excluding hydrogens is 440 g/mol. The van der Waals surface area contributed by atoms with E-state index < -0.39 is 17.2 Å². The van der Waals surface area contributed by atoms with Crippen molar-refractivity contribution < 1.29 is 23.0 Å². The molecule has 0 bridgehead atoms. The highest BCUT2D eigenvalue weighted by molar-refractivity contribution is 6.31. The first-order chi connectivity index (χ1) is 15.0. The summed E-state index contributed by atoms with van der Waals surface area (Å²) < 4.78 is 38.3.